The minimum Gasteiger partial charge on any atom is -0.294 e. The van der Waals surface area contributed by atoms with Crippen molar-refractivity contribution < 1.29 is 9.59 Å². The van der Waals surface area contributed by atoms with Crippen molar-refractivity contribution in [2.75, 3.05) is 0 Å². The third kappa shape index (κ3) is 6.30. The highest BCUT2D eigenvalue weighted by molar-refractivity contribution is 6.09. The van der Waals surface area contributed by atoms with E-state index in [0.29, 0.717) is 23.1 Å². The SMILES string of the molecule is CCCCCCCCCC(=O)c1ccc(C(=O)c2ccccc2)cc1. The largest absolute Gasteiger partial charge is 0.294 e. The maximum absolute atomic E-state index is 12.4. The van der Waals surface area contributed by atoms with Crippen molar-refractivity contribution in [1.29, 1.82) is 0 Å². The summed E-state index contributed by atoms with van der Waals surface area (Å²) in [4.78, 5) is 24.6. The Balaban J connectivity index is 1.79. The minimum absolute atomic E-state index is 0.00771. The molecule has 2 rings (SSSR count). The molecule has 0 unspecified atom stereocenters. The van der Waals surface area contributed by atoms with Gasteiger partial charge in [0, 0.05) is 23.1 Å². The van der Waals surface area contributed by atoms with Crippen LogP contribution in [-0.2, 0) is 0 Å². The predicted octanol–water partition coefficient (Wildman–Crippen LogP) is 6.24. The molecule has 0 radical (unpaired) electrons. The van der Waals surface area contributed by atoms with Gasteiger partial charge in [-0.25, -0.2) is 0 Å². The molecular formula is C23H28O2. The van der Waals surface area contributed by atoms with Crippen LogP contribution < -0.4 is 0 Å². The van der Waals surface area contributed by atoms with Gasteiger partial charge >= 0.3 is 0 Å². The van der Waals surface area contributed by atoms with E-state index in [-0.39, 0.29) is 11.6 Å². The second-order valence-electron chi connectivity index (χ2n) is 6.57. The Kier molecular flexibility index (Phi) is 8.11. The van der Waals surface area contributed by atoms with Gasteiger partial charge in [-0.1, -0.05) is 100 Å². The van der Waals surface area contributed by atoms with Crippen LogP contribution in [0.4, 0.5) is 0 Å². The van der Waals surface area contributed by atoms with E-state index in [1.807, 2.05) is 30.3 Å². The van der Waals surface area contributed by atoms with Gasteiger partial charge in [-0.3, -0.25) is 9.59 Å². The van der Waals surface area contributed by atoms with Crippen LogP contribution in [0.5, 0.6) is 0 Å². The average molecular weight is 336 g/mol. The standard InChI is InChI=1S/C23H28O2/c1-2-3-4-5-6-7-11-14-22(24)19-15-17-21(18-16-19)23(25)20-12-9-8-10-13-20/h8-10,12-13,15-18H,2-7,11,14H2,1H3. The molecule has 0 amide bonds. The van der Waals surface area contributed by atoms with Gasteiger partial charge in [0.25, 0.3) is 0 Å². The normalized spacial score (nSPS) is 10.6. The summed E-state index contributed by atoms with van der Waals surface area (Å²) in [5.41, 5.74) is 2.00. The number of carbonyl (C=O) groups excluding carboxylic acids is 2. The maximum atomic E-state index is 12.4. The van der Waals surface area contributed by atoms with E-state index < -0.39 is 0 Å². The van der Waals surface area contributed by atoms with Gasteiger partial charge in [-0.05, 0) is 6.42 Å². The van der Waals surface area contributed by atoms with Gasteiger partial charge in [0.05, 0.1) is 0 Å². The van der Waals surface area contributed by atoms with Gasteiger partial charge < -0.3 is 0 Å². The Labute approximate surface area is 151 Å². The molecule has 0 spiro atoms. The molecule has 0 saturated heterocycles. The molecule has 0 aliphatic rings. The molecule has 0 aromatic heterocycles. The smallest absolute Gasteiger partial charge is 0.193 e. The molecule has 2 heteroatoms. The van der Waals surface area contributed by atoms with E-state index in [1.54, 1.807) is 24.3 Å². The van der Waals surface area contributed by atoms with Crippen LogP contribution in [0, 0.1) is 0 Å². The predicted molar refractivity (Wildman–Crippen MR) is 103 cm³/mol. The molecule has 132 valence electrons. The first-order valence-corrected chi connectivity index (χ1v) is 9.45. The van der Waals surface area contributed by atoms with E-state index in [9.17, 15) is 9.59 Å². The van der Waals surface area contributed by atoms with Crippen molar-refractivity contribution in [1.82, 2.24) is 0 Å². The van der Waals surface area contributed by atoms with E-state index in [4.69, 9.17) is 0 Å². The van der Waals surface area contributed by atoms with E-state index in [1.165, 1.54) is 32.1 Å². The summed E-state index contributed by atoms with van der Waals surface area (Å²) in [5, 5.41) is 0. The topological polar surface area (TPSA) is 34.1 Å². The number of Topliss-reactive ketones (excluding diaryl/α,β-unsaturated/α-hetero) is 1. The second kappa shape index (κ2) is 10.6. The number of ketones is 2. The van der Waals surface area contributed by atoms with Crippen LogP contribution in [-0.4, -0.2) is 11.6 Å². The summed E-state index contributed by atoms with van der Waals surface area (Å²) in [6.45, 7) is 2.22. The molecule has 0 bridgehead atoms. The first-order chi connectivity index (χ1) is 12.2. The summed E-state index contributed by atoms with van der Waals surface area (Å²) in [6, 6.07) is 16.3. The van der Waals surface area contributed by atoms with Gasteiger partial charge in [0.2, 0.25) is 0 Å². The highest BCUT2D eigenvalue weighted by atomic mass is 16.1. The Morgan fingerprint density at radius 2 is 1.16 bits per heavy atom. The van der Waals surface area contributed by atoms with Crippen molar-refractivity contribution in [2.24, 2.45) is 0 Å². The number of unbranched alkanes of at least 4 members (excludes halogenated alkanes) is 6. The van der Waals surface area contributed by atoms with Gasteiger partial charge in [-0.15, -0.1) is 0 Å². The molecule has 0 fully saturated rings. The lowest BCUT2D eigenvalue weighted by atomic mass is 9.99. The fourth-order valence-electron chi connectivity index (χ4n) is 2.95. The fraction of sp³-hybridized carbons (Fsp3) is 0.391. The summed E-state index contributed by atoms with van der Waals surface area (Å²) in [6.07, 6.45) is 9.06. The number of hydrogen-bond acceptors (Lipinski definition) is 2. The summed E-state index contributed by atoms with van der Waals surface area (Å²) in [7, 11) is 0. The van der Waals surface area contributed by atoms with Crippen LogP contribution in [0.1, 0.15) is 84.6 Å². The zero-order valence-electron chi connectivity index (χ0n) is 15.2. The quantitative estimate of drug-likeness (QED) is 0.359. The molecule has 2 nitrogen and oxygen atoms in total. The Morgan fingerprint density at radius 1 is 0.640 bits per heavy atom. The van der Waals surface area contributed by atoms with E-state index in [0.717, 1.165) is 12.8 Å². The highest BCUT2D eigenvalue weighted by Crippen LogP contribution is 2.14. The van der Waals surface area contributed by atoms with Gasteiger partial charge in [0.1, 0.15) is 0 Å². The number of benzene rings is 2. The number of hydrogen-bond donors (Lipinski definition) is 0. The second-order valence-corrected chi connectivity index (χ2v) is 6.57. The van der Waals surface area contributed by atoms with Crippen LogP contribution >= 0.6 is 0 Å². The molecule has 0 N–H and O–H groups in total. The Morgan fingerprint density at radius 3 is 1.80 bits per heavy atom. The lowest BCUT2D eigenvalue weighted by molar-refractivity contribution is 0.0977. The first kappa shape index (κ1) is 19.1. The fourth-order valence-corrected chi connectivity index (χ4v) is 2.95. The Hall–Kier alpha value is -2.22. The van der Waals surface area contributed by atoms with Crippen molar-refractivity contribution in [2.45, 2.75) is 58.3 Å². The molecule has 2 aromatic carbocycles. The third-order valence-corrected chi connectivity index (χ3v) is 4.51. The monoisotopic (exact) mass is 336 g/mol. The van der Waals surface area contributed by atoms with E-state index in [2.05, 4.69) is 6.92 Å². The molecule has 0 saturated carbocycles. The molecular weight excluding hydrogens is 308 g/mol. The van der Waals surface area contributed by atoms with Gasteiger partial charge in [0.15, 0.2) is 11.6 Å². The average Bonchev–Trinajstić information content (AvgIpc) is 2.67. The lowest BCUT2D eigenvalue weighted by Crippen LogP contribution is -2.03. The molecule has 0 atom stereocenters. The highest BCUT2D eigenvalue weighted by Gasteiger charge is 2.10. The number of rotatable bonds is 11. The molecule has 0 heterocycles. The van der Waals surface area contributed by atoms with Crippen LogP contribution in [0.25, 0.3) is 0 Å². The van der Waals surface area contributed by atoms with Gasteiger partial charge in [-0.2, -0.15) is 0 Å². The van der Waals surface area contributed by atoms with Crippen molar-refractivity contribution in [3.05, 3.63) is 71.3 Å². The summed E-state index contributed by atoms with van der Waals surface area (Å²) in [5.74, 6) is 0.166. The van der Waals surface area contributed by atoms with Crippen LogP contribution in [0.2, 0.25) is 0 Å². The maximum Gasteiger partial charge on any atom is 0.193 e. The molecule has 2 aromatic rings. The zero-order valence-corrected chi connectivity index (χ0v) is 15.2. The first-order valence-electron chi connectivity index (χ1n) is 9.45. The third-order valence-electron chi connectivity index (χ3n) is 4.51. The Bertz CT molecular complexity index is 656. The van der Waals surface area contributed by atoms with Crippen LogP contribution in [0.3, 0.4) is 0 Å². The van der Waals surface area contributed by atoms with E-state index >= 15 is 0 Å². The minimum atomic E-state index is -0.00771. The molecule has 25 heavy (non-hydrogen) atoms. The van der Waals surface area contributed by atoms with Crippen molar-refractivity contribution >= 4 is 11.6 Å². The van der Waals surface area contributed by atoms with Crippen molar-refractivity contribution in [3.63, 3.8) is 0 Å². The zero-order chi connectivity index (χ0) is 17.9. The lowest BCUT2D eigenvalue weighted by Gasteiger charge is -2.04. The summed E-state index contributed by atoms with van der Waals surface area (Å²) < 4.78 is 0. The molecule has 0 aliphatic heterocycles. The summed E-state index contributed by atoms with van der Waals surface area (Å²) >= 11 is 0. The van der Waals surface area contributed by atoms with Crippen LogP contribution in [0.15, 0.2) is 54.6 Å². The number of carbonyl (C=O) groups is 2. The van der Waals surface area contributed by atoms with Crippen molar-refractivity contribution in [3.8, 4) is 0 Å². The molecule has 0 aliphatic carbocycles.